The van der Waals surface area contributed by atoms with Crippen LogP contribution in [-0.4, -0.2) is 35.7 Å². The summed E-state index contributed by atoms with van der Waals surface area (Å²) in [4.78, 5) is 18.5. The maximum Gasteiger partial charge on any atom is 0.329 e. The Morgan fingerprint density at radius 1 is 1.74 bits per heavy atom. The van der Waals surface area contributed by atoms with Crippen LogP contribution < -0.4 is 5.32 Å². The van der Waals surface area contributed by atoms with Crippen LogP contribution in [0.4, 0.5) is 0 Å². The summed E-state index contributed by atoms with van der Waals surface area (Å²) in [7, 11) is 1.35. The summed E-state index contributed by atoms with van der Waals surface area (Å²) >= 11 is 0. The SMILES string of the molecule is CCn1cncc1C(NCCCN=[N+]=[N-])C(=O)OC. The van der Waals surface area contributed by atoms with Crippen molar-refractivity contribution in [2.75, 3.05) is 20.2 Å². The van der Waals surface area contributed by atoms with Crippen LogP contribution in [0.15, 0.2) is 17.6 Å². The molecule has 0 fully saturated rings. The molecule has 1 rings (SSSR count). The first-order valence-electron chi connectivity index (χ1n) is 6.06. The number of carbonyl (C=O) groups is 1. The maximum absolute atomic E-state index is 11.8. The molecule has 1 atom stereocenters. The van der Waals surface area contributed by atoms with E-state index in [1.54, 1.807) is 12.5 Å². The van der Waals surface area contributed by atoms with E-state index in [9.17, 15) is 4.79 Å². The van der Waals surface area contributed by atoms with E-state index in [1.165, 1.54) is 7.11 Å². The highest BCUT2D eigenvalue weighted by atomic mass is 16.5. The number of rotatable bonds is 8. The Kier molecular flexibility index (Phi) is 6.42. The van der Waals surface area contributed by atoms with Crippen LogP contribution >= 0.6 is 0 Å². The molecule has 8 nitrogen and oxygen atoms in total. The molecule has 1 heterocycles. The molecule has 0 aliphatic carbocycles. The summed E-state index contributed by atoms with van der Waals surface area (Å²) in [5.74, 6) is -0.362. The second kappa shape index (κ2) is 8.12. The number of aryl methyl sites for hydroxylation is 1. The predicted octanol–water partition coefficient (Wildman–Crippen LogP) is 1.41. The van der Waals surface area contributed by atoms with Crippen molar-refractivity contribution in [3.05, 3.63) is 28.7 Å². The number of imidazole rings is 1. The van der Waals surface area contributed by atoms with E-state index >= 15 is 0 Å². The molecule has 0 aliphatic heterocycles. The maximum atomic E-state index is 11.8. The summed E-state index contributed by atoms with van der Waals surface area (Å²) in [5.41, 5.74) is 8.93. The normalized spacial score (nSPS) is 11.7. The van der Waals surface area contributed by atoms with Crippen LogP contribution in [0.3, 0.4) is 0 Å². The average Bonchev–Trinajstić information content (AvgIpc) is 2.90. The lowest BCUT2D eigenvalue weighted by molar-refractivity contribution is -0.143. The Morgan fingerprint density at radius 3 is 3.16 bits per heavy atom. The van der Waals surface area contributed by atoms with Crippen LogP contribution in [0.25, 0.3) is 10.4 Å². The highest BCUT2D eigenvalue weighted by molar-refractivity contribution is 5.76. The number of ether oxygens (including phenoxy) is 1. The Morgan fingerprint density at radius 2 is 2.53 bits per heavy atom. The highest BCUT2D eigenvalue weighted by Crippen LogP contribution is 2.14. The standard InChI is InChI=1S/C11H18N6O2/c1-3-17-8-13-7-9(17)10(11(18)19-2)14-5-4-6-15-16-12/h7-8,10,14H,3-6H2,1-2H3. The number of nitrogens with zero attached hydrogens (tertiary/aromatic N) is 5. The van der Waals surface area contributed by atoms with Gasteiger partial charge in [-0.25, -0.2) is 9.78 Å². The molecule has 0 saturated carbocycles. The molecule has 1 aromatic rings. The average molecular weight is 266 g/mol. The van der Waals surface area contributed by atoms with Crippen molar-refractivity contribution in [2.24, 2.45) is 5.11 Å². The van der Waals surface area contributed by atoms with Crippen LogP contribution in [0.5, 0.6) is 0 Å². The minimum atomic E-state index is -0.557. The van der Waals surface area contributed by atoms with Gasteiger partial charge in [-0.15, -0.1) is 0 Å². The summed E-state index contributed by atoms with van der Waals surface area (Å²) in [6.07, 6.45) is 3.97. The first-order valence-corrected chi connectivity index (χ1v) is 6.06. The van der Waals surface area contributed by atoms with Gasteiger partial charge in [0.1, 0.15) is 6.04 Å². The number of hydrogen-bond acceptors (Lipinski definition) is 5. The van der Waals surface area contributed by atoms with Crippen molar-refractivity contribution in [1.29, 1.82) is 0 Å². The summed E-state index contributed by atoms with van der Waals surface area (Å²) in [5, 5.41) is 6.52. The molecule has 0 bridgehead atoms. The lowest BCUT2D eigenvalue weighted by Gasteiger charge is -2.17. The molecule has 0 radical (unpaired) electrons. The molecule has 0 spiro atoms. The number of aromatic nitrogens is 2. The molecule has 104 valence electrons. The zero-order chi connectivity index (χ0) is 14.1. The van der Waals surface area contributed by atoms with Crippen molar-refractivity contribution >= 4 is 5.97 Å². The largest absolute Gasteiger partial charge is 0.468 e. The van der Waals surface area contributed by atoms with Crippen molar-refractivity contribution in [3.8, 4) is 0 Å². The zero-order valence-corrected chi connectivity index (χ0v) is 11.1. The van der Waals surface area contributed by atoms with E-state index in [0.717, 1.165) is 12.2 Å². The Labute approximate surface area is 111 Å². The van der Waals surface area contributed by atoms with E-state index < -0.39 is 6.04 Å². The zero-order valence-electron chi connectivity index (χ0n) is 11.1. The molecule has 0 aliphatic rings. The van der Waals surface area contributed by atoms with Crippen molar-refractivity contribution in [1.82, 2.24) is 14.9 Å². The van der Waals surface area contributed by atoms with Crippen molar-refractivity contribution < 1.29 is 9.53 Å². The van der Waals surface area contributed by atoms with Crippen molar-refractivity contribution in [3.63, 3.8) is 0 Å². The molecule has 1 aromatic heterocycles. The molecule has 0 aromatic carbocycles. The summed E-state index contributed by atoms with van der Waals surface area (Å²) < 4.78 is 6.67. The van der Waals surface area contributed by atoms with E-state index in [-0.39, 0.29) is 5.97 Å². The second-order valence-corrected chi connectivity index (χ2v) is 3.82. The predicted molar refractivity (Wildman–Crippen MR) is 69.3 cm³/mol. The van der Waals surface area contributed by atoms with E-state index in [4.69, 9.17) is 10.3 Å². The number of azide groups is 1. The number of hydrogen-bond donors (Lipinski definition) is 1. The van der Waals surface area contributed by atoms with Crippen LogP contribution in [0.1, 0.15) is 25.1 Å². The van der Waals surface area contributed by atoms with Crippen LogP contribution in [0.2, 0.25) is 0 Å². The molecular weight excluding hydrogens is 248 g/mol. The fourth-order valence-corrected chi connectivity index (χ4v) is 1.70. The Balaban J connectivity index is 2.67. The molecular formula is C11H18N6O2. The van der Waals surface area contributed by atoms with Gasteiger partial charge in [0, 0.05) is 18.0 Å². The third kappa shape index (κ3) is 4.27. The quantitative estimate of drug-likeness (QED) is 0.252. The molecule has 0 amide bonds. The molecule has 8 heteroatoms. The van der Waals surface area contributed by atoms with Gasteiger partial charge >= 0.3 is 5.97 Å². The van der Waals surface area contributed by atoms with Crippen LogP contribution in [-0.2, 0) is 16.1 Å². The van der Waals surface area contributed by atoms with E-state index in [2.05, 4.69) is 20.3 Å². The van der Waals surface area contributed by atoms with Gasteiger partial charge in [-0.05, 0) is 25.4 Å². The Bertz CT molecular complexity index is 452. The minimum Gasteiger partial charge on any atom is -0.468 e. The van der Waals surface area contributed by atoms with Gasteiger partial charge in [-0.2, -0.15) is 0 Å². The van der Waals surface area contributed by atoms with Gasteiger partial charge in [0.25, 0.3) is 0 Å². The third-order valence-corrected chi connectivity index (χ3v) is 2.66. The molecule has 1 unspecified atom stereocenters. The van der Waals surface area contributed by atoms with Gasteiger partial charge in [0.15, 0.2) is 0 Å². The Hall–Kier alpha value is -2.05. The fourth-order valence-electron chi connectivity index (χ4n) is 1.70. The summed E-state index contributed by atoms with van der Waals surface area (Å²) in [6, 6.07) is -0.557. The fraction of sp³-hybridized carbons (Fsp3) is 0.636. The van der Waals surface area contributed by atoms with Gasteiger partial charge in [0.2, 0.25) is 0 Å². The lowest BCUT2D eigenvalue weighted by Crippen LogP contribution is -2.32. The molecule has 0 saturated heterocycles. The van der Waals surface area contributed by atoms with Gasteiger partial charge in [0.05, 0.1) is 25.3 Å². The van der Waals surface area contributed by atoms with E-state index in [0.29, 0.717) is 19.5 Å². The van der Waals surface area contributed by atoms with Crippen molar-refractivity contribution in [2.45, 2.75) is 25.9 Å². The molecule has 19 heavy (non-hydrogen) atoms. The monoisotopic (exact) mass is 266 g/mol. The first kappa shape index (κ1) is 15.0. The minimum absolute atomic E-state index is 0.362. The molecule has 1 N–H and O–H groups in total. The van der Waals surface area contributed by atoms with Gasteiger partial charge in [-0.1, -0.05) is 5.11 Å². The van der Waals surface area contributed by atoms with E-state index in [1.807, 2.05) is 11.5 Å². The van der Waals surface area contributed by atoms with Gasteiger partial charge in [-0.3, -0.25) is 5.32 Å². The smallest absolute Gasteiger partial charge is 0.329 e. The summed E-state index contributed by atoms with van der Waals surface area (Å²) in [6.45, 7) is 3.64. The van der Waals surface area contributed by atoms with Crippen LogP contribution in [0, 0.1) is 0 Å². The highest BCUT2D eigenvalue weighted by Gasteiger charge is 2.23. The number of methoxy groups -OCH3 is 1. The number of esters is 1. The third-order valence-electron chi connectivity index (χ3n) is 2.66. The lowest BCUT2D eigenvalue weighted by atomic mass is 10.2. The van der Waals surface area contributed by atoms with Gasteiger partial charge < -0.3 is 9.30 Å². The number of carbonyl (C=O) groups excluding carboxylic acids is 1. The topological polar surface area (TPSA) is 105 Å². The first-order chi connectivity index (χ1) is 9.24. The number of nitrogens with one attached hydrogen (secondary N) is 1. The second-order valence-electron chi connectivity index (χ2n) is 3.82.